The molecule has 0 saturated heterocycles. The Kier molecular flexibility index (Phi) is 8.30. The molecule has 0 saturated carbocycles. The van der Waals surface area contributed by atoms with Gasteiger partial charge in [-0.05, 0) is 48.4 Å². The molecule has 0 aliphatic carbocycles. The van der Waals surface area contributed by atoms with E-state index in [9.17, 15) is 9.59 Å². The molecule has 0 aliphatic rings. The maximum absolute atomic E-state index is 11.9. The van der Waals surface area contributed by atoms with Gasteiger partial charge in [-0.25, -0.2) is 5.43 Å². The molecule has 0 radical (unpaired) electrons. The van der Waals surface area contributed by atoms with Gasteiger partial charge >= 0.3 is 0 Å². The molecule has 0 aromatic heterocycles. The van der Waals surface area contributed by atoms with Crippen molar-refractivity contribution in [2.24, 2.45) is 5.10 Å². The number of nitrogens with one attached hydrogen (secondary N) is 2. The van der Waals surface area contributed by atoms with E-state index in [1.165, 1.54) is 6.21 Å². The highest BCUT2D eigenvalue weighted by Gasteiger charge is 2.09. The zero-order chi connectivity index (χ0) is 20.4. The smallest absolute Gasteiger partial charge is 0.249 e. The van der Waals surface area contributed by atoms with Crippen LogP contribution >= 0.6 is 11.6 Å². The first kappa shape index (κ1) is 21.2. The number of anilines is 1. The number of rotatable bonds is 9. The fraction of sp³-hybridized carbons (Fsp3) is 0.250. The number of amides is 2. The summed E-state index contributed by atoms with van der Waals surface area (Å²) >= 11 is 5.85. The molecule has 0 bridgehead atoms. The Balaban J connectivity index is 1.86. The molecule has 0 fully saturated rings. The van der Waals surface area contributed by atoms with Crippen LogP contribution in [-0.2, 0) is 9.59 Å². The van der Waals surface area contributed by atoms with Gasteiger partial charge in [0.25, 0.3) is 0 Å². The summed E-state index contributed by atoms with van der Waals surface area (Å²) in [5.74, 6) is 0.215. The first-order chi connectivity index (χ1) is 13.5. The van der Waals surface area contributed by atoms with Gasteiger partial charge in [-0.1, -0.05) is 24.6 Å². The quantitative estimate of drug-likeness (QED) is 0.380. The molecule has 0 atom stereocenters. The van der Waals surface area contributed by atoms with Crippen molar-refractivity contribution in [3.8, 4) is 11.5 Å². The summed E-state index contributed by atoms with van der Waals surface area (Å²) in [7, 11) is 1.55. The Bertz CT molecular complexity index is 855. The van der Waals surface area contributed by atoms with Crippen molar-refractivity contribution in [1.82, 2.24) is 5.43 Å². The number of hydrazone groups is 1. The van der Waals surface area contributed by atoms with Crippen LogP contribution in [0.3, 0.4) is 0 Å². The van der Waals surface area contributed by atoms with Crippen LogP contribution in [0, 0.1) is 0 Å². The molecule has 2 N–H and O–H groups in total. The minimum Gasteiger partial charge on any atom is -0.493 e. The summed E-state index contributed by atoms with van der Waals surface area (Å²) in [5.41, 5.74) is 3.55. The van der Waals surface area contributed by atoms with Gasteiger partial charge in [-0.15, -0.1) is 0 Å². The lowest BCUT2D eigenvalue weighted by Crippen LogP contribution is -2.24. The highest BCUT2D eigenvalue weighted by atomic mass is 35.5. The molecule has 0 unspecified atom stereocenters. The molecule has 0 aliphatic heterocycles. The van der Waals surface area contributed by atoms with Crippen LogP contribution in [0.2, 0.25) is 5.02 Å². The van der Waals surface area contributed by atoms with Gasteiger partial charge in [-0.3, -0.25) is 9.59 Å². The molecule has 148 valence electrons. The van der Waals surface area contributed by atoms with Crippen LogP contribution < -0.4 is 20.2 Å². The second-order valence-electron chi connectivity index (χ2n) is 5.79. The third-order valence-electron chi connectivity index (χ3n) is 3.48. The molecule has 2 rings (SSSR count). The van der Waals surface area contributed by atoms with Crippen molar-refractivity contribution in [3.63, 3.8) is 0 Å². The van der Waals surface area contributed by atoms with Crippen LogP contribution in [-0.4, -0.2) is 31.7 Å². The lowest BCUT2D eigenvalue weighted by Gasteiger charge is -2.10. The Morgan fingerprint density at radius 2 is 1.96 bits per heavy atom. The number of carbonyl (C=O) groups is 2. The zero-order valence-electron chi connectivity index (χ0n) is 15.7. The lowest BCUT2D eigenvalue weighted by atomic mass is 10.2. The molecule has 2 aromatic rings. The van der Waals surface area contributed by atoms with Crippen LogP contribution in [0.4, 0.5) is 5.69 Å². The maximum atomic E-state index is 11.9. The van der Waals surface area contributed by atoms with Crippen LogP contribution in [0.25, 0.3) is 0 Å². The van der Waals surface area contributed by atoms with E-state index in [1.54, 1.807) is 49.6 Å². The normalized spacial score (nSPS) is 10.5. The predicted octanol–water partition coefficient (Wildman–Crippen LogP) is 3.62. The number of ether oxygens (including phenoxy) is 2. The van der Waals surface area contributed by atoms with Crippen molar-refractivity contribution >= 4 is 35.3 Å². The van der Waals surface area contributed by atoms with E-state index >= 15 is 0 Å². The first-order valence-corrected chi connectivity index (χ1v) is 9.07. The Labute approximate surface area is 168 Å². The average molecular weight is 404 g/mol. The van der Waals surface area contributed by atoms with Crippen molar-refractivity contribution in [2.45, 2.75) is 19.8 Å². The molecule has 0 heterocycles. The second-order valence-corrected chi connectivity index (χ2v) is 6.22. The zero-order valence-corrected chi connectivity index (χ0v) is 16.5. The highest BCUT2D eigenvalue weighted by Crippen LogP contribution is 2.27. The topological polar surface area (TPSA) is 89.0 Å². The van der Waals surface area contributed by atoms with Gasteiger partial charge < -0.3 is 14.8 Å². The van der Waals surface area contributed by atoms with E-state index < -0.39 is 11.8 Å². The van der Waals surface area contributed by atoms with Gasteiger partial charge in [0.2, 0.25) is 11.8 Å². The average Bonchev–Trinajstić information content (AvgIpc) is 2.66. The number of hydrogen-bond acceptors (Lipinski definition) is 5. The molecule has 2 aromatic carbocycles. The number of benzene rings is 2. The van der Waals surface area contributed by atoms with E-state index in [2.05, 4.69) is 15.8 Å². The van der Waals surface area contributed by atoms with Gasteiger partial charge in [0, 0.05) is 10.7 Å². The summed E-state index contributed by atoms with van der Waals surface area (Å²) in [5, 5.41) is 6.95. The Hall–Kier alpha value is -3.06. The Morgan fingerprint density at radius 1 is 1.14 bits per heavy atom. The first-order valence-electron chi connectivity index (χ1n) is 8.70. The number of methoxy groups -OCH3 is 1. The van der Waals surface area contributed by atoms with Gasteiger partial charge in [0.15, 0.2) is 11.5 Å². The largest absolute Gasteiger partial charge is 0.493 e. The van der Waals surface area contributed by atoms with Gasteiger partial charge in [-0.2, -0.15) is 5.10 Å². The number of hydrogen-bond donors (Lipinski definition) is 2. The maximum Gasteiger partial charge on any atom is 0.249 e. The van der Waals surface area contributed by atoms with Gasteiger partial charge in [0.05, 0.1) is 19.9 Å². The van der Waals surface area contributed by atoms with Crippen molar-refractivity contribution in [2.75, 3.05) is 19.0 Å². The van der Waals surface area contributed by atoms with Crippen LogP contribution in [0.15, 0.2) is 47.6 Å². The lowest BCUT2D eigenvalue weighted by molar-refractivity contribution is -0.126. The summed E-state index contributed by atoms with van der Waals surface area (Å²) in [6, 6.07) is 12.0. The van der Waals surface area contributed by atoms with Crippen LogP contribution in [0.1, 0.15) is 25.3 Å². The standard InChI is InChI=1S/C20H22ClN3O4/c1-3-9-28-17-8-7-14(10-18(17)27-2)13-22-24-20(26)12-19(25)23-16-6-4-5-15(21)11-16/h4-8,10-11,13H,3,9,12H2,1-2H3,(H,23,25)(H,24,26). The van der Waals surface area contributed by atoms with Crippen molar-refractivity contribution in [3.05, 3.63) is 53.1 Å². The number of nitrogens with zero attached hydrogens (tertiary/aromatic N) is 1. The van der Waals surface area contributed by atoms with Crippen molar-refractivity contribution < 1.29 is 19.1 Å². The molecular formula is C20H22ClN3O4. The monoisotopic (exact) mass is 403 g/mol. The second kappa shape index (κ2) is 10.9. The molecule has 7 nitrogen and oxygen atoms in total. The summed E-state index contributed by atoms with van der Waals surface area (Å²) < 4.78 is 10.9. The predicted molar refractivity (Wildman–Crippen MR) is 109 cm³/mol. The van der Waals surface area contributed by atoms with Gasteiger partial charge in [0.1, 0.15) is 6.42 Å². The summed E-state index contributed by atoms with van der Waals surface area (Å²) in [6.07, 6.45) is 1.99. The third kappa shape index (κ3) is 6.92. The SMILES string of the molecule is CCCOc1ccc(C=NNC(=O)CC(=O)Nc2cccc(Cl)c2)cc1OC. The highest BCUT2D eigenvalue weighted by molar-refractivity contribution is 6.30. The third-order valence-corrected chi connectivity index (χ3v) is 3.72. The molecular weight excluding hydrogens is 382 g/mol. The van der Waals surface area contributed by atoms with E-state index in [-0.39, 0.29) is 6.42 Å². The van der Waals surface area contributed by atoms with E-state index in [0.717, 1.165) is 6.42 Å². The molecule has 28 heavy (non-hydrogen) atoms. The fourth-order valence-electron chi connectivity index (χ4n) is 2.23. The van der Waals surface area contributed by atoms with Crippen LogP contribution in [0.5, 0.6) is 11.5 Å². The Morgan fingerprint density at radius 3 is 2.68 bits per heavy atom. The summed E-state index contributed by atoms with van der Waals surface area (Å²) in [4.78, 5) is 23.7. The van der Waals surface area contributed by atoms with Crippen molar-refractivity contribution in [1.29, 1.82) is 0 Å². The summed E-state index contributed by atoms with van der Waals surface area (Å²) in [6.45, 7) is 2.61. The van der Waals surface area contributed by atoms with E-state index in [1.807, 2.05) is 6.92 Å². The molecule has 8 heteroatoms. The van der Waals surface area contributed by atoms with E-state index in [4.69, 9.17) is 21.1 Å². The number of carbonyl (C=O) groups excluding carboxylic acids is 2. The van der Waals surface area contributed by atoms with E-state index in [0.29, 0.717) is 34.4 Å². The fourth-order valence-corrected chi connectivity index (χ4v) is 2.42. The molecule has 2 amide bonds. The number of halogens is 1. The minimum absolute atomic E-state index is 0.364. The minimum atomic E-state index is -0.536. The molecule has 0 spiro atoms.